The lowest BCUT2D eigenvalue weighted by Gasteiger charge is -2.22. The molecular weight excluding hydrogens is 237 g/mol. The van der Waals surface area contributed by atoms with E-state index in [9.17, 15) is 9.50 Å². The standard InChI is InChI=1S/C13H20FNOS/c1-13(2,3)15-8-11(16)9-17-12-6-4-5-10(14)7-12/h4-7,11,15-16H,8-9H2,1-3H3. The number of halogens is 1. The molecule has 0 spiro atoms. The summed E-state index contributed by atoms with van der Waals surface area (Å²) in [7, 11) is 0. The van der Waals surface area contributed by atoms with Crippen LogP contribution in [0.1, 0.15) is 20.8 Å². The van der Waals surface area contributed by atoms with Gasteiger partial charge in [0.05, 0.1) is 6.10 Å². The lowest BCUT2D eigenvalue weighted by molar-refractivity contribution is 0.183. The van der Waals surface area contributed by atoms with Crippen LogP contribution in [-0.2, 0) is 0 Å². The third-order valence-corrected chi connectivity index (χ3v) is 3.25. The molecule has 0 heterocycles. The zero-order valence-corrected chi connectivity index (χ0v) is 11.4. The largest absolute Gasteiger partial charge is 0.391 e. The number of aliphatic hydroxyl groups is 1. The highest BCUT2D eigenvalue weighted by molar-refractivity contribution is 7.99. The molecule has 0 saturated carbocycles. The van der Waals surface area contributed by atoms with E-state index in [1.54, 1.807) is 6.07 Å². The fourth-order valence-corrected chi connectivity index (χ4v) is 2.11. The number of hydrogen-bond acceptors (Lipinski definition) is 3. The molecule has 0 amide bonds. The number of aliphatic hydroxyl groups excluding tert-OH is 1. The van der Waals surface area contributed by atoms with E-state index in [1.807, 2.05) is 6.07 Å². The molecule has 0 aromatic heterocycles. The Kier molecular flexibility index (Phi) is 5.43. The summed E-state index contributed by atoms with van der Waals surface area (Å²) in [6.45, 7) is 6.71. The van der Waals surface area contributed by atoms with E-state index in [0.29, 0.717) is 12.3 Å². The number of thioether (sulfide) groups is 1. The number of hydrogen-bond donors (Lipinski definition) is 2. The number of nitrogens with one attached hydrogen (secondary N) is 1. The normalized spacial score (nSPS) is 13.7. The molecule has 2 N–H and O–H groups in total. The fraction of sp³-hybridized carbons (Fsp3) is 0.538. The second-order valence-corrected chi connectivity index (χ2v) is 6.15. The first kappa shape index (κ1) is 14.5. The molecule has 2 nitrogen and oxygen atoms in total. The summed E-state index contributed by atoms with van der Waals surface area (Å²) in [5.74, 6) is 0.323. The van der Waals surface area contributed by atoms with Gasteiger partial charge in [0.1, 0.15) is 5.82 Å². The minimum Gasteiger partial charge on any atom is -0.391 e. The summed E-state index contributed by atoms with van der Waals surface area (Å²) in [5, 5.41) is 13.0. The lowest BCUT2D eigenvalue weighted by Crippen LogP contribution is -2.41. The Balaban J connectivity index is 2.31. The molecular formula is C13H20FNOS. The van der Waals surface area contributed by atoms with Crippen LogP contribution in [0.4, 0.5) is 4.39 Å². The highest BCUT2D eigenvalue weighted by atomic mass is 32.2. The van der Waals surface area contributed by atoms with E-state index < -0.39 is 6.10 Å². The predicted molar refractivity (Wildman–Crippen MR) is 70.9 cm³/mol. The van der Waals surface area contributed by atoms with Crippen LogP contribution in [0.25, 0.3) is 0 Å². The van der Waals surface area contributed by atoms with Gasteiger partial charge in [-0.2, -0.15) is 0 Å². The molecule has 0 aliphatic carbocycles. The van der Waals surface area contributed by atoms with Crippen LogP contribution in [0.2, 0.25) is 0 Å². The van der Waals surface area contributed by atoms with Gasteiger partial charge >= 0.3 is 0 Å². The molecule has 1 unspecified atom stereocenters. The van der Waals surface area contributed by atoms with Crippen LogP contribution in [0.5, 0.6) is 0 Å². The molecule has 1 atom stereocenters. The maximum atomic E-state index is 12.9. The SMILES string of the molecule is CC(C)(C)NCC(O)CSc1cccc(F)c1. The Labute approximate surface area is 107 Å². The second kappa shape index (κ2) is 6.38. The minimum atomic E-state index is -0.428. The van der Waals surface area contributed by atoms with E-state index in [-0.39, 0.29) is 11.4 Å². The number of β-amino-alcohol motifs (C(OH)–C–C–N with tert-alkyl or cyclic N) is 1. The Hall–Kier alpha value is -0.580. The molecule has 1 aromatic rings. The van der Waals surface area contributed by atoms with Crippen molar-refractivity contribution in [3.63, 3.8) is 0 Å². The van der Waals surface area contributed by atoms with Crippen molar-refractivity contribution in [2.24, 2.45) is 0 Å². The Morgan fingerprint density at radius 3 is 2.71 bits per heavy atom. The van der Waals surface area contributed by atoms with E-state index in [4.69, 9.17) is 0 Å². The maximum Gasteiger partial charge on any atom is 0.124 e. The zero-order chi connectivity index (χ0) is 12.9. The monoisotopic (exact) mass is 257 g/mol. The molecule has 0 bridgehead atoms. The smallest absolute Gasteiger partial charge is 0.124 e. The topological polar surface area (TPSA) is 32.3 Å². The number of rotatable bonds is 5. The molecule has 17 heavy (non-hydrogen) atoms. The van der Waals surface area contributed by atoms with Gasteiger partial charge < -0.3 is 10.4 Å². The van der Waals surface area contributed by atoms with E-state index in [0.717, 1.165) is 4.90 Å². The average Bonchev–Trinajstić information content (AvgIpc) is 2.23. The van der Waals surface area contributed by atoms with Crippen molar-refractivity contribution < 1.29 is 9.50 Å². The highest BCUT2D eigenvalue weighted by Crippen LogP contribution is 2.19. The number of benzene rings is 1. The van der Waals surface area contributed by atoms with Crippen LogP contribution in [0.3, 0.4) is 0 Å². The van der Waals surface area contributed by atoms with Crippen LogP contribution in [-0.4, -0.2) is 29.0 Å². The molecule has 0 aliphatic rings. The maximum absolute atomic E-state index is 12.9. The third-order valence-electron chi connectivity index (χ3n) is 2.11. The molecule has 0 radical (unpaired) electrons. The van der Waals surface area contributed by atoms with Gasteiger partial charge in [-0.15, -0.1) is 11.8 Å². The summed E-state index contributed by atoms with van der Waals surface area (Å²) in [5.41, 5.74) is 0.00447. The second-order valence-electron chi connectivity index (χ2n) is 5.05. The quantitative estimate of drug-likeness (QED) is 0.795. The van der Waals surface area contributed by atoms with Crippen molar-refractivity contribution in [3.05, 3.63) is 30.1 Å². The van der Waals surface area contributed by atoms with Gasteiger partial charge in [0.15, 0.2) is 0 Å². The first-order valence-corrected chi connectivity index (χ1v) is 6.67. The third kappa shape index (κ3) is 6.66. The van der Waals surface area contributed by atoms with Gasteiger partial charge in [-0.3, -0.25) is 0 Å². The Bertz CT molecular complexity index is 352. The molecule has 1 aromatic carbocycles. The Morgan fingerprint density at radius 2 is 2.12 bits per heavy atom. The average molecular weight is 257 g/mol. The lowest BCUT2D eigenvalue weighted by atomic mass is 10.1. The molecule has 96 valence electrons. The fourth-order valence-electron chi connectivity index (χ4n) is 1.23. The molecule has 0 aliphatic heterocycles. The summed E-state index contributed by atoms with van der Waals surface area (Å²) in [6.07, 6.45) is -0.428. The van der Waals surface area contributed by atoms with Crippen LogP contribution >= 0.6 is 11.8 Å². The van der Waals surface area contributed by atoms with Gasteiger partial charge in [0, 0.05) is 22.7 Å². The zero-order valence-electron chi connectivity index (χ0n) is 10.5. The summed E-state index contributed by atoms with van der Waals surface area (Å²) >= 11 is 1.46. The van der Waals surface area contributed by atoms with Crippen molar-refractivity contribution in [1.82, 2.24) is 5.32 Å². The van der Waals surface area contributed by atoms with Crippen molar-refractivity contribution in [2.45, 2.75) is 37.3 Å². The van der Waals surface area contributed by atoms with E-state index in [1.165, 1.54) is 23.9 Å². The van der Waals surface area contributed by atoms with Crippen molar-refractivity contribution >= 4 is 11.8 Å². The van der Waals surface area contributed by atoms with Crippen molar-refractivity contribution in [3.8, 4) is 0 Å². The van der Waals surface area contributed by atoms with Gasteiger partial charge in [-0.05, 0) is 39.0 Å². The van der Waals surface area contributed by atoms with Crippen LogP contribution < -0.4 is 5.32 Å². The minimum absolute atomic E-state index is 0.00447. The summed E-state index contributed by atoms with van der Waals surface area (Å²) in [6, 6.07) is 6.42. The van der Waals surface area contributed by atoms with E-state index >= 15 is 0 Å². The molecule has 0 fully saturated rings. The molecule has 4 heteroatoms. The van der Waals surface area contributed by atoms with Crippen molar-refractivity contribution in [2.75, 3.05) is 12.3 Å². The van der Waals surface area contributed by atoms with Crippen LogP contribution in [0.15, 0.2) is 29.2 Å². The van der Waals surface area contributed by atoms with Crippen molar-refractivity contribution in [1.29, 1.82) is 0 Å². The van der Waals surface area contributed by atoms with Gasteiger partial charge in [-0.1, -0.05) is 6.07 Å². The van der Waals surface area contributed by atoms with Gasteiger partial charge in [0.25, 0.3) is 0 Å². The van der Waals surface area contributed by atoms with Gasteiger partial charge in [0.2, 0.25) is 0 Å². The molecule has 0 saturated heterocycles. The highest BCUT2D eigenvalue weighted by Gasteiger charge is 2.12. The Morgan fingerprint density at radius 1 is 1.41 bits per heavy atom. The van der Waals surface area contributed by atoms with Crippen LogP contribution in [0, 0.1) is 5.82 Å². The van der Waals surface area contributed by atoms with E-state index in [2.05, 4.69) is 26.1 Å². The first-order valence-electron chi connectivity index (χ1n) is 5.68. The first-order chi connectivity index (χ1) is 7.87. The van der Waals surface area contributed by atoms with Gasteiger partial charge in [-0.25, -0.2) is 4.39 Å². The molecule has 1 rings (SSSR count). The summed E-state index contributed by atoms with van der Waals surface area (Å²) < 4.78 is 12.9. The predicted octanol–water partition coefficient (Wildman–Crippen LogP) is 2.67. The summed E-state index contributed by atoms with van der Waals surface area (Å²) in [4.78, 5) is 0.847.